The molecule has 2 atom stereocenters. The van der Waals surface area contributed by atoms with Gasteiger partial charge in [0.1, 0.15) is 11.6 Å². The fourth-order valence-corrected chi connectivity index (χ4v) is 2.71. The quantitative estimate of drug-likeness (QED) is 0.683. The Morgan fingerprint density at radius 1 is 0.923 bits per heavy atom. The predicted molar refractivity (Wildman–Crippen MR) is 98.6 cm³/mol. The van der Waals surface area contributed by atoms with E-state index in [1.165, 1.54) is 0 Å². The molecule has 2 heterocycles. The van der Waals surface area contributed by atoms with Crippen molar-refractivity contribution in [3.05, 3.63) is 47.6 Å². The molecule has 0 aliphatic heterocycles. The van der Waals surface area contributed by atoms with Crippen molar-refractivity contribution in [3.8, 4) is 0 Å². The molecule has 0 saturated heterocycles. The van der Waals surface area contributed by atoms with Crippen molar-refractivity contribution in [1.82, 2.24) is 19.9 Å². The van der Waals surface area contributed by atoms with Gasteiger partial charge in [-0.15, -0.1) is 0 Å². The van der Waals surface area contributed by atoms with Gasteiger partial charge in [0, 0.05) is 47.8 Å². The summed E-state index contributed by atoms with van der Waals surface area (Å²) in [4.78, 5) is 17.7. The summed E-state index contributed by atoms with van der Waals surface area (Å²) in [5, 5.41) is 0. The fourth-order valence-electron chi connectivity index (χ4n) is 2.71. The van der Waals surface area contributed by atoms with Crippen molar-refractivity contribution >= 4 is 0 Å². The van der Waals surface area contributed by atoms with E-state index in [-0.39, 0.29) is 6.10 Å². The summed E-state index contributed by atoms with van der Waals surface area (Å²) in [5.74, 6) is 3.05. The lowest BCUT2D eigenvalue weighted by molar-refractivity contribution is 0.0653. The van der Waals surface area contributed by atoms with Crippen molar-refractivity contribution in [2.24, 2.45) is 5.92 Å². The lowest BCUT2D eigenvalue weighted by Gasteiger charge is -2.07. The Hall–Kier alpha value is -1.92. The molecule has 0 spiro atoms. The second-order valence-electron chi connectivity index (χ2n) is 7.53. The summed E-state index contributed by atoms with van der Waals surface area (Å²) in [6.45, 7) is 10.1. The Morgan fingerprint density at radius 3 is 2.15 bits per heavy atom. The minimum atomic E-state index is 0.214. The Labute approximate surface area is 155 Å². The van der Waals surface area contributed by atoms with Crippen LogP contribution in [0.5, 0.6) is 0 Å². The van der Waals surface area contributed by atoms with Gasteiger partial charge in [-0.2, -0.15) is 0 Å². The third-order valence-electron chi connectivity index (χ3n) is 4.41. The Balaban J connectivity index is 1.40. The number of nitrogens with zero attached hydrogens (tertiary/aromatic N) is 4. The first kappa shape index (κ1) is 18.9. The van der Waals surface area contributed by atoms with E-state index in [4.69, 9.17) is 9.47 Å². The molecule has 0 amide bonds. The second-order valence-corrected chi connectivity index (χ2v) is 7.53. The van der Waals surface area contributed by atoms with Crippen LogP contribution >= 0.6 is 0 Å². The molecular formula is C20H28N4O2. The molecule has 1 fully saturated rings. The summed E-state index contributed by atoms with van der Waals surface area (Å²) in [6.07, 6.45) is 8.75. The van der Waals surface area contributed by atoms with Crippen LogP contribution in [0.15, 0.2) is 24.8 Å². The standard InChI is InChI=1S/C20H28N4O2/c1-13(2)19-21-6-15(7-22-19)10-25-12-17-5-18(17)20-23-8-16(9-24-20)11-26-14(3)4/h6-9,13-14,17-18H,5,10-12H2,1-4H3. The number of hydrogen-bond acceptors (Lipinski definition) is 6. The van der Waals surface area contributed by atoms with Crippen LogP contribution in [0.1, 0.15) is 68.7 Å². The first-order valence-corrected chi connectivity index (χ1v) is 9.34. The minimum Gasteiger partial charge on any atom is -0.376 e. The zero-order chi connectivity index (χ0) is 18.5. The zero-order valence-electron chi connectivity index (χ0n) is 16.1. The Kier molecular flexibility index (Phi) is 6.27. The van der Waals surface area contributed by atoms with Gasteiger partial charge in [-0.05, 0) is 26.2 Å². The van der Waals surface area contributed by atoms with Crippen molar-refractivity contribution in [2.75, 3.05) is 6.61 Å². The highest BCUT2D eigenvalue weighted by molar-refractivity contribution is 5.13. The molecule has 2 aromatic rings. The summed E-state index contributed by atoms with van der Waals surface area (Å²) in [6, 6.07) is 0. The molecule has 26 heavy (non-hydrogen) atoms. The maximum atomic E-state index is 5.83. The predicted octanol–water partition coefficient (Wildman–Crippen LogP) is 3.64. The van der Waals surface area contributed by atoms with Crippen LogP contribution in [0, 0.1) is 5.92 Å². The summed E-state index contributed by atoms with van der Waals surface area (Å²) in [7, 11) is 0. The highest BCUT2D eigenvalue weighted by atomic mass is 16.5. The molecule has 1 aliphatic carbocycles. The van der Waals surface area contributed by atoms with Gasteiger partial charge >= 0.3 is 0 Å². The van der Waals surface area contributed by atoms with Gasteiger partial charge in [-0.1, -0.05) is 13.8 Å². The number of rotatable bonds is 9. The summed E-state index contributed by atoms with van der Waals surface area (Å²) >= 11 is 0. The van der Waals surface area contributed by atoms with Gasteiger partial charge in [-0.3, -0.25) is 0 Å². The van der Waals surface area contributed by atoms with Crippen LogP contribution in [0.4, 0.5) is 0 Å². The molecule has 0 aromatic carbocycles. The summed E-state index contributed by atoms with van der Waals surface area (Å²) < 4.78 is 11.4. The lowest BCUT2D eigenvalue weighted by Crippen LogP contribution is -2.05. The van der Waals surface area contributed by atoms with Crippen molar-refractivity contribution in [3.63, 3.8) is 0 Å². The van der Waals surface area contributed by atoms with E-state index in [1.807, 2.05) is 38.6 Å². The van der Waals surface area contributed by atoms with Gasteiger partial charge in [0.05, 0.1) is 25.9 Å². The lowest BCUT2D eigenvalue weighted by atomic mass is 10.2. The summed E-state index contributed by atoms with van der Waals surface area (Å²) in [5.41, 5.74) is 2.03. The number of aromatic nitrogens is 4. The molecule has 2 unspecified atom stereocenters. The SMILES string of the molecule is CC(C)OCc1cnc(C2CC2COCc2cnc(C(C)C)nc2)nc1. The number of ether oxygens (including phenoxy) is 2. The number of hydrogen-bond donors (Lipinski definition) is 0. The highest BCUT2D eigenvalue weighted by Gasteiger charge is 2.40. The van der Waals surface area contributed by atoms with E-state index in [2.05, 4.69) is 33.8 Å². The molecule has 1 saturated carbocycles. The van der Waals surface area contributed by atoms with Crippen LogP contribution in [0.2, 0.25) is 0 Å². The third-order valence-corrected chi connectivity index (χ3v) is 4.41. The second kappa shape index (κ2) is 8.64. The van der Waals surface area contributed by atoms with Crippen molar-refractivity contribution < 1.29 is 9.47 Å². The van der Waals surface area contributed by atoms with E-state index in [0.717, 1.165) is 35.8 Å². The van der Waals surface area contributed by atoms with Crippen molar-refractivity contribution in [1.29, 1.82) is 0 Å². The van der Waals surface area contributed by atoms with E-state index in [1.54, 1.807) is 0 Å². The van der Waals surface area contributed by atoms with Crippen molar-refractivity contribution in [2.45, 2.75) is 65.3 Å². The maximum Gasteiger partial charge on any atom is 0.131 e. The Bertz CT molecular complexity index is 686. The van der Waals surface area contributed by atoms with Crippen LogP contribution in [0.25, 0.3) is 0 Å². The zero-order valence-corrected chi connectivity index (χ0v) is 16.1. The molecular weight excluding hydrogens is 328 g/mol. The highest BCUT2D eigenvalue weighted by Crippen LogP contribution is 2.46. The minimum absolute atomic E-state index is 0.214. The maximum absolute atomic E-state index is 5.83. The smallest absolute Gasteiger partial charge is 0.131 e. The van der Waals surface area contributed by atoms with E-state index in [9.17, 15) is 0 Å². The largest absolute Gasteiger partial charge is 0.376 e. The topological polar surface area (TPSA) is 70.0 Å². The fraction of sp³-hybridized carbons (Fsp3) is 0.600. The van der Waals surface area contributed by atoms with Gasteiger partial charge in [0.2, 0.25) is 0 Å². The van der Waals surface area contributed by atoms with E-state index < -0.39 is 0 Å². The molecule has 6 heteroatoms. The molecule has 0 N–H and O–H groups in total. The van der Waals surface area contributed by atoms with Gasteiger partial charge in [-0.25, -0.2) is 19.9 Å². The van der Waals surface area contributed by atoms with Gasteiger partial charge in [0.25, 0.3) is 0 Å². The van der Waals surface area contributed by atoms with Crippen LogP contribution in [0.3, 0.4) is 0 Å². The first-order chi connectivity index (χ1) is 12.5. The van der Waals surface area contributed by atoms with Gasteiger partial charge < -0.3 is 9.47 Å². The molecule has 140 valence electrons. The van der Waals surface area contributed by atoms with Gasteiger partial charge in [0.15, 0.2) is 0 Å². The third kappa shape index (κ3) is 5.29. The molecule has 2 aromatic heterocycles. The molecule has 3 rings (SSSR count). The van der Waals surface area contributed by atoms with E-state index >= 15 is 0 Å². The first-order valence-electron chi connectivity index (χ1n) is 9.34. The normalized spacial score (nSPS) is 19.3. The molecule has 1 aliphatic rings. The van der Waals surface area contributed by atoms with Crippen LogP contribution < -0.4 is 0 Å². The average Bonchev–Trinajstić information content (AvgIpc) is 3.40. The van der Waals surface area contributed by atoms with Crippen LogP contribution in [-0.2, 0) is 22.7 Å². The molecule has 6 nitrogen and oxygen atoms in total. The monoisotopic (exact) mass is 356 g/mol. The molecule has 0 bridgehead atoms. The van der Waals surface area contributed by atoms with Crippen LogP contribution in [-0.4, -0.2) is 32.6 Å². The Morgan fingerprint density at radius 2 is 1.54 bits per heavy atom. The van der Waals surface area contributed by atoms with E-state index in [0.29, 0.717) is 31.0 Å². The average molecular weight is 356 g/mol. The molecule has 0 radical (unpaired) electrons.